The average molecular weight is 353 g/mol. The largest absolute Gasteiger partial charge is 0.370 e. The predicted octanol–water partition coefficient (Wildman–Crippen LogP) is 2.86. The monoisotopic (exact) mass is 351 g/mol. The van der Waals surface area contributed by atoms with Crippen LogP contribution in [0.1, 0.15) is 12.0 Å². The lowest BCUT2D eigenvalue weighted by atomic mass is 10.1. The summed E-state index contributed by atoms with van der Waals surface area (Å²) in [5, 5.41) is 1.42. The number of anilines is 1. The van der Waals surface area contributed by atoms with Crippen molar-refractivity contribution in [3.8, 4) is 0 Å². The molecular weight excluding hydrogens is 338 g/mol. The highest BCUT2D eigenvalue weighted by Crippen LogP contribution is 2.27. The van der Waals surface area contributed by atoms with E-state index in [1.165, 1.54) is 0 Å². The first-order chi connectivity index (χ1) is 8.52. The normalized spacial score (nSPS) is 19.6. The number of rotatable bonds is 2. The van der Waals surface area contributed by atoms with Gasteiger partial charge in [-0.05, 0) is 30.2 Å². The topological polar surface area (TPSA) is 37.4 Å². The second-order valence-corrected chi connectivity index (χ2v) is 7.70. The second-order valence-electron chi connectivity index (χ2n) is 4.40. The highest BCUT2D eigenvalue weighted by molar-refractivity contribution is 9.08. The summed E-state index contributed by atoms with van der Waals surface area (Å²) in [6.45, 7) is 1.34. The van der Waals surface area contributed by atoms with Crippen LogP contribution < -0.4 is 4.90 Å². The zero-order valence-corrected chi connectivity index (χ0v) is 13.1. The number of hydrogen-bond donors (Lipinski definition) is 0. The number of hydrogen-bond acceptors (Lipinski definition) is 3. The third kappa shape index (κ3) is 3.39. The minimum atomic E-state index is -2.87. The number of sulfone groups is 1. The third-order valence-corrected chi connectivity index (χ3v) is 5.64. The van der Waals surface area contributed by atoms with Crippen molar-refractivity contribution in [1.29, 1.82) is 0 Å². The fourth-order valence-electron chi connectivity index (χ4n) is 2.15. The highest BCUT2D eigenvalue weighted by atomic mass is 79.9. The van der Waals surface area contributed by atoms with Gasteiger partial charge in [-0.2, -0.15) is 0 Å². The van der Waals surface area contributed by atoms with Gasteiger partial charge in [0.25, 0.3) is 0 Å². The van der Waals surface area contributed by atoms with Gasteiger partial charge in [-0.25, -0.2) is 8.42 Å². The van der Waals surface area contributed by atoms with Crippen LogP contribution in [-0.2, 0) is 15.2 Å². The molecule has 100 valence electrons. The maximum absolute atomic E-state index is 11.6. The lowest BCUT2D eigenvalue weighted by Gasteiger charge is -2.24. The van der Waals surface area contributed by atoms with Crippen molar-refractivity contribution >= 4 is 43.1 Å². The summed E-state index contributed by atoms with van der Waals surface area (Å²) in [6.07, 6.45) is 0.687. The molecule has 18 heavy (non-hydrogen) atoms. The Hall–Kier alpha value is -0.260. The summed E-state index contributed by atoms with van der Waals surface area (Å²) in [6, 6.07) is 5.74. The molecule has 1 aliphatic heterocycles. The number of halogens is 2. The van der Waals surface area contributed by atoms with Crippen LogP contribution in [0.2, 0.25) is 5.02 Å². The van der Waals surface area contributed by atoms with Gasteiger partial charge in [-0.15, -0.1) is 0 Å². The van der Waals surface area contributed by atoms with Gasteiger partial charge in [0.05, 0.1) is 11.5 Å². The molecule has 1 heterocycles. The van der Waals surface area contributed by atoms with Gasteiger partial charge in [0.15, 0.2) is 9.84 Å². The van der Waals surface area contributed by atoms with Gasteiger partial charge in [0.1, 0.15) is 0 Å². The van der Waals surface area contributed by atoms with Crippen molar-refractivity contribution in [1.82, 2.24) is 0 Å². The van der Waals surface area contributed by atoms with Crippen molar-refractivity contribution in [2.75, 3.05) is 29.5 Å². The van der Waals surface area contributed by atoms with Crippen LogP contribution in [0, 0.1) is 0 Å². The quantitative estimate of drug-likeness (QED) is 0.768. The molecule has 1 aliphatic rings. The van der Waals surface area contributed by atoms with Crippen LogP contribution >= 0.6 is 27.5 Å². The SMILES string of the molecule is O=S1(=O)CCCN(c2ccc(Cl)cc2CBr)CC1. The Balaban J connectivity index is 2.26. The summed E-state index contributed by atoms with van der Waals surface area (Å²) < 4.78 is 23.2. The fraction of sp³-hybridized carbons (Fsp3) is 0.500. The minimum absolute atomic E-state index is 0.233. The molecule has 0 atom stereocenters. The van der Waals surface area contributed by atoms with Gasteiger partial charge < -0.3 is 4.90 Å². The maximum atomic E-state index is 11.6. The first-order valence-electron chi connectivity index (χ1n) is 5.81. The van der Waals surface area contributed by atoms with Crippen molar-refractivity contribution in [3.05, 3.63) is 28.8 Å². The summed E-state index contributed by atoms with van der Waals surface area (Å²) >= 11 is 9.42. The molecule has 1 saturated heterocycles. The van der Waals surface area contributed by atoms with Gasteiger partial charge in [-0.1, -0.05) is 27.5 Å². The zero-order chi connectivity index (χ0) is 13.2. The zero-order valence-electron chi connectivity index (χ0n) is 9.90. The molecule has 0 aliphatic carbocycles. The van der Waals surface area contributed by atoms with Crippen molar-refractivity contribution < 1.29 is 8.42 Å². The van der Waals surface area contributed by atoms with E-state index in [1.54, 1.807) is 0 Å². The molecule has 0 unspecified atom stereocenters. The summed E-state index contributed by atoms with van der Waals surface area (Å²) in [7, 11) is -2.87. The molecule has 6 heteroatoms. The van der Waals surface area contributed by atoms with Gasteiger partial charge in [0.2, 0.25) is 0 Å². The summed E-state index contributed by atoms with van der Waals surface area (Å²) in [5.74, 6) is 0.526. The Bertz CT molecular complexity index is 533. The van der Waals surface area contributed by atoms with E-state index in [-0.39, 0.29) is 5.75 Å². The molecule has 1 aromatic rings. The lowest BCUT2D eigenvalue weighted by molar-refractivity contribution is 0.597. The standard InChI is InChI=1S/C12H15BrClNO2S/c13-9-10-8-11(14)2-3-12(10)15-4-1-6-18(16,17)7-5-15/h2-3,8H,1,4-7,9H2. The van der Waals surface area contributed by atoms with E-state index < -0.39 is 9.84 Å². The Morgan fingerprint density at radius 2 is 2.06 bits per heavy atom. The van der Waals surface area contributed by atoms with Gasteiger partial charge in [0, 0.05) is 29.1 Å². The smallest absolute Gasteiger partial charge is 0.152 e. The molecule has 2 rings (SSSR count). The second kappa shape index (κ2) is 5.80. The predicted molar refractivity (Wildman–Crippen MR) is 79.6 cm³/mol. The minimum Gasteiger partial charge on any atom is -0.370 e. The Morgan fingerprint density at radius 3 is 2.78 bits per heavy atom. The molecule has 0 aromatic heterocycles. The van der Waals surface area contributed by atoms with Crippen LogP contribution in [0.3, 0.4) is 0 Å². The third-order valence-electron chi connectivity index (χ3n) is 3.08. The molecule has 1 fully saturated rings. The Kier molecular flexibility index (Phi) is 4.56. The van der Waals surface area contributed by atoms with Crippen LogP contribution in [-0.4, -0.2) is 33.0 Å². The molecule has 0 bridgehead atoms. The number of benzene rings is 1. The first-order valence-corrected chi connectivity index (χ1v) is 9.14. The maximum Gasteiger partial charge on any atom is 0.152 e. The Labute approximate surface area is 121 Å². The molecule has 0 spiro atoms. The average Bonchev–Trinajstić information content (AvgIpc) is 2.50. The molecule has 0 N–H and O–H groups in total. The number of nitrogens with zero attached hydrogens (tertiary/aromatic N) is 1. The fourth-order valence-corrected chi connectivity index (χ4v) is 4.06. The van der Waals surface area contributed by atoms with Crippen LogP contribution in [0.4, 0.5) is 5.69 Å². The van der Waals surface area contributed by atoms with E-state index in [4.69, 9.17) is 11.6 Å². The molecule has 3 nitrogen and oxygen atoms in total. The highest BCUT2D eigenvalue weighted by Gasteiger charge is 2.20. The number of alkyl halides is 1. The summed E-state index contributed by atoms with van der Waals surface area (Å²) in [5.41, 5.74) is 2.18. The molecule has 1 aromatic carbocycles. The van der Waals surface area contributed by atoms with E-state index >= 15 is 0 Å². The van der Waals surface area contributed by atoms with Crippen molar-refractivity contribution in [2.45, 2.75) is 11.8 Å². The Morgan fingerprint density at radius 1 is 1.28 bits per heavy atom. The molecule has 0 saturated carbocycles. The van der Waals surface area contributed by atoms with E-state index in [1.807, 2.05) is 18.2 Å². The van der Waals surface area contributed by atoms with E-state index in [2.05, 4.69) is 20.8 Å². The first kappa shape index (κ1) is 14.2. The van der Waals surface area contributed by atoms with Crippen LogP contribution in [0.5, 0.6) is 0 Å². The van der Waals surface area contributed by atoms with Gasteiger partial charge >= 0.3 is 0 Å². The van der Waals surface area contributed by atoms with Crippen molar-refractivity contribution in [3.63, 3.8) is 0 Å². The molecule has 0 radical (unpaired) electrons. The molecular formula is C12H15BrClNO2S. The lowest BCUT2D eigenvalue weighted by Crippen LogP contribution is -2.27. The van der Waals surface area contributed by atoms with Crippen LogP contribution in [0.25, 0.3) is 0 Å². The van der Waals surface area contributed by atoms with Crippen molar-refractivity contribution in [2.24, 2.45) is 0 Å². The van der Waals surface area contributed by atoms with Gasteiger partial charge in [-0.3, -0.25) is 0 Å². The van der Waals surface area contributed by atoms with E-state index in [9.17, 15) is 8.42 Å². The van der Waals surface area contributed by atoms with Crippen LogP contribution in [0.15, 0.2) is 18.2 Å². The van der Waals surface area contributed by atoms with E-state index in [0.717, 1.165) is 17.8 Å². The summed E-state index contributed by atoms with van der Waals surface area (Å²) in [4.78, 5) is 2.14. The van der Waals surface area contributed by atoms with E-state index in [0.29, 0.717) is 29.1 Å². The molecule has 0 amide bonds.